The van der Waals surface area contributed by atoms with Gasteiger partial charge in [-0.2, -0.15) is 0 Å². The predicted molar refractivity (Wildman–Crippen MR) is 66.2 cm³/mol. The molecule has 2 rings (SSSR count). The first-order valence-corrected chi connectivity index (χ1v) is 6.34. The molecule has 2 nitrogen and oxygen atoms in total. The van der Waals surface area contributed by atoms with Gasteiger partial charge in [0, 0.05) is 29.4 Å². The second-order valence-electron chi connectivity index (χ2n) is 4.01. The number of benzene rings is 1. The highest BCUT2D eigenvalue weighted by Crippen LogP contribution is 2.25. The Kier molecular flexibility index (Phi) is 4.18. The average molecular weight is 288 g/mol. The molecule has 0 aliphatic carbocycles. The Morgan fingerprint density at radius 2 is 2.19 bits per heavy atom. The third-order valence-electron chi connectivity index (χ3n) is 2.74. The molecule has 1 aromatic carbocycles. The molecule has 0 spiro atoms. The third kappa shape index (κ3) is 3.19. The molecular formula is C12H15BrFNO. The van der Waals surface area contributed by atoms with Crippen LogP contribution in [0.5, 0.6) is 0 Å². The summed E-state index contributed by atoms with van der Waals surface area (Å²) in [5.41, 5.74) is 0.952. The van der Waals surface area contributed by atoms with E-state index in [4.69, 9.17) is 4.74 Å². The summed E-state index contributed by atoms with van der Waals surface area (Å²) in [4.78, 5) is 0. The maximum absolute atomic E-state index is 12.9. The van der Waals surface area contributed by atoms with Crippen molar-refractivity contribution in [1.29, 1.82) is 0 Å². The van der Waals surface area contributed by atoms with Crippen LogP contribution in [0.2, 0.25) is 0 Å². The lowest BCUT2D eigenvalue weighted by Crippen LogP contribution is -2.19. The molecule has 1 N–H and O–H groups in total. The number of anilines is 1. The molecule has 16 heavy (non-hydrogen) atoms. The second kappa shape index (κ2) is 5.64. The lowest BCUT2D eigenvalue weighted by Gasteiger charge is -2.18. The zero-order chi connectivity index (χ0) is 11.4. The first-order chi connectivity index (χ1) is 7.75. The van der Waals surface area contributed by atoms with Crippen molar-refractivity contribution in [2.75, 3.05) is 18.5 Å². The minimum atomic E-state index is -0.221. The van der Waals surface area contributed by atoms with Crippen LogP contribution in [0.4, 0.5) is 10.1 Å². The molecule has 0 aromatic heterocycles. The summed E-state index contributed by atoms with van der Waals surface area (Å²) >= 11 is 3.36. The Balaban J connectivity index is 2.01. The molecular weight excluding hydrogens is 273 g/mol. The molecule has 88 valence electrons. The van der Waals surface area contributed by atoms with E-state index in [2.05, 4.69) is 21.2 Å². The number of rotatable bonds is 2. The van der Waals surface area contributed by atoms with Crippen LogP contribution < -0.4 is 5.32 Å². The summed E-state index contributed by atoms with van der Waals surface area (Å²) in [6.45, 7) is 1.65. The topological polar surface area (TPSA) is 21.3 Å². The van der Waals surface area contributed by atoms with E-state index in [1.54, 1.807) is 6.07 Å². The Labute approximate surface area is 103 Å². The van der Waals surface area contributed by atoms with Crippen molar-refractivity contribution in [2.45, 2.75) is 25.3 Å². The fourth-order valence-electron chi connectivity index (χ4n) is 1.87. The van der Waals surface area contributed by atoms with Gasteiger partial charge in [-0.15, -0.1) is 0 Å². The normalized spacial score (nSPS) is 21.5. The molecule has 1 fully saturated rings. The summed E-state index contributed by atoms with van der Waals surface area (Å²) in [5.74, 6) is -0.221. The van der Waals surface area contributed by atoms with Gasteiger partial charge in [0.05, 0.1) is 0 Å². The van der Waals surface area contributed by atoms with Crippen molar-refractivity contribution in [1.82, 2.24) is 0 Å². The number of hydrogen-bond acceptors (Lipinski definition) is 2. The summed E-state index contributed by atoms with van der Waals surface area (Å²) in [5, 5.41) is 3.42. The molecule has 0 amide bonds. The van der Waals surface area contributed by atoms with E-state index >= 15 is 0 Å². The van der Waals surface area contributed by atoms with Crippen molar-refractivity contribution >= 4 is 21.6 Å². The van der Waals surface area contributed by atoms with Crippen LogP contribution in [-0.2, 0) is 4.74 Å². The third-order valence-corrected chi connectivity index (χ3v) is 3.40. The van der Waals surface area contributed by atoms with Crippen LogP contribution in [0.25, 0.3) is 0 Å². The maximum atomic E-state index is 12.9. The van der Waals surface area contributed by atoms with Gasteiger partial charge in [0.1, 0.15) is 5.82 Å². The Hall–Kier alpha value is -0.610. The quantitative estimate of drug-likeness (QED) is 0.898. The van der Waals surface area contributed by atoms with E-state index in [0.29, 0.717) is 6.04 Å². The van der Waals surface area contributed by atoms with E-state index in [1.165, 1.54) is 12.1 Å². The number of ether oxygens (including phenoxy) is 1. The summed E-state index contributed by atoms with van der Waals surface area (Å²) in [6, 6.07) is 5.14. The van der Waals surface area contributed by atoms with E-state index in [1.807, 2.05) is 0 Å². The Bertz CT molecular complexity index is 351. The van der Waals surface area contributed by atoms with Gasteiger partial charge in [0.15, 0.2) is 0 Å². The smallest absolute Gasteiger partial charge is 0.124 e. The summed E-state index contributed by atoms with van der Waals surface area (Å²) < 4.78 is 19.1. The molecule has 4 heteroatoms. The molecule has 1 saturated heterocycles. The standard InChI is InChI=1S/C12H15BrFNO/c13-11-8-9(14)3-4-12(11)15-10-2-1-6-16-7-5-10/h3-4,8,10,15H,1-2,5-7H2. The zero-order valence-corrected chi connectivity index (χ0v) is 10.6. The highest BCUT2D eigenvalue weighted by Gasteiger charge is 2.13. The highest BCUT2D eigenvalue weighted by atomic mass is 79.9. The monoisotopic (exact) mass is 287 g/mol. The SMILES string of the molecule is Fc1ccc(NC2CCCOCC2)c(Br)c1. The lowest BCUT2D eigenvalue weighted by molar-refractivity contribution is 0.144. The van der Waals surface area contributed by atoms with Crippen LogP contribution in [0, 0.1) is 5.82 Å². The van der Waals surface area contributed by atoms with E-state index in [9.17, 15) is 4.39 Å². The van der Waals surface area contributed by atoms with Gasteiger partial charge in [-0.1, -0.05) is 0 Å². The fourth-order valence-corrected chi connectivity index (χ4v) is 2.34. The Morgan fingerprint density at radius 3 is 3.00 bits per heavy atom. The van der Waals surface area contributed by atoms with Gasteiger partial charge >= 0.3 is 0 Å². The first kappa shape index (κ1) is 11.9. The lowest BCUT2D eigenvalue weighted by atomic mass is 10.1. The van der Waals surface area contributed by atoms with Crippen LogP contribution in [0.3, 0.4) is 0 Å². The van der Waals surface area contributed by atoms with E-state index in [-0.39, 0.29) is 5.82 Å². The van der Waals surface area contributed by atoms with Crippen molar-refractivity contribution in [2.24, 2.45) is 0 Å². The Morgan fingerprint density at radius 1 is 1.31 bits per heavy atom. The number of hydrogen-bond donors (Lipinski definition) is 1. The van der Waals surface area contributed by atoms with Crippen molar-refractivity contribution in [3.8, 4) is 0 Å². The van der Waals surface area contributed by atoms with Crippen LogP contribution in [-0.4, -0.2) is 19.3 Å². The maximum Gasteiger partial charge on any atom is 0.124 e. The zero-order valence-electron chi connectivity index (χ0n) is 9.01. The first-order valence-electron chi connectivity index (χ1n) is 5.55. The van der Waals surface area contributed by atoms with Crippen molar-refractivity contribution in [3.05, 3.63) is 28.5 Å². The van der Waals surface area contributed by atoms with E-state index in [0.717, 1.165) is 42.6 Å². The molecule has 0 saturated carbocycles. The molecule has 1 heterocycles. The van der Waals surface area contributed by atoms with Gasteiger partial charge in [0.25, 0.3) is 0 Å². The second-order valence-corrected chi connectivity index (χ2v) is 4.86. The van der Waals surface area contributed by atoms with Crippen LogP contribution in [0.15, 0.2) is 22.7 Å². The molecule has 1 aliphatic rings. The number of halogens is 2. The van der Waals surface area contributed by atoms with E-state index < -0.39 is 0 Å². The predicted octanol–water partition coefficient (Wildman–Crippen LogP) is 3.57. The molecule has 1 aliphatic heterocycles. The fraction of sp³-hybridized carbons (Fsp3) is 0.500. The largest absolute Gasteiger partial charge is 0.381 e. The minimum absolute atomic E-state index is 0.221. The van der Waals surface area contributed by atoms with Gasteiger partial charge < -0.3 is 10.1 Å². The van der Waals surface area contributed by atoms with Gasteiger partial charge in [-0.25, -0.2) is 4.39 Å². The molecule has 0 bridgehead atoms. The van der Waals surface area contributed by atoms with Gasteiger partial charge in [0.2, 0.25) is 0 Å². The van der Waals surface area contributed by atoms with Gasteiger partial charge in [-0.05, 0) is 53.4 Å². The summed E-state index contributed by atoms with van der Waals surface area (Å²) in [7, 11) is 0. The highest BCUT2D eigenvalue weighted by molar-refractivity contribution is 9.10. The van der Waals surface area contributed by atoms with Crippen molar-refractivity contribution < 1.29 is 9.13 Å². The van der Waals surface area contributed by atoms with Crippen LogP contribution in [0.1, 0.15) is 19.3 Å². The molecule has 1 atom stereocenters. The van der Waals surface area contributed by atoms with Crippen LogP contribution >= 0.6 is 15.9 Å². The molecule has 1 unspecified atom stereocenters. The van der Waals surface area contributed by atoms with Gasteiger partial charge in [-0.3, -0.25) is 0 Å². The molecule has 1 aromatic rings. The summed E-state index contributed by atoms with van der Waals surface area (Å²) in [6.07, 6.45) is 3.18. The average Bonchev–Trinajstić information content (AvgIpc) is 2.51. The minimum Gasteiger partial charge on any atom is -0.381 e. The van der Waals surface area contributed by atoms with Crippen molar-refractivity contribution in [3.63, 3.8) is 0 Å². The number of nitrogens with one attached hydrogen (secondary N) is 1. The molecule has 0 radical (unpaired) electrons.